The third-order valence-corrected chi connectivity index (χ3v) is 3.19. The van der Waals surface area contributed by atoms with Crippen molar-refractivity contribution in [2.45, 2.75) is 0 Å². The number of nitrogens with zero attached hydrogens (tertiary/aromatic N) is 1. The summed E-state index contributed by atoms with van der Waals surface area (Å²) < 4.78 is 0. The minimum Gasteiger partial charge on any atom is -0.693 e. The molecule has 0 bridgehead atoms. The zero-order valence-electron chi connectivity index (χ0n) is 15.0. The average Bonchev–Trinajstić information content (AvgIpc) is 2.36. The van der Waals surface area contributed by atoms with Gasteiger partial charge in [0, 0.05) is 12.4 Å². The van der Waals surface area contributed by atoms with E-state index in [0.29, 0.717) is 0 Å². The van der Waals surface area contributed by atoms with Gasteiger partial charge in [0.1, 0.15) is 0 Å². The minimum absolute atomic E-state index is 0. The van der Waals surface area contributed by atoms with E-state index in [1.807, 2.05) is 24.5 Å². The Morgan fingerprint density at radius 2 is 0.786 bits per heavy atom. The van der Waals surface area contributed by atoms with E-state index in [4.69, 9.17) is 0 Å². The standard InChI is InChI=1S/C15H8N.10H2N.2Ru/c1-2-10-4-6-12-8-16-9-13-7-5-11(3-1)14(10)15(12)13;;;;;;;;;;;;/h2-9H;10*1H2;;/q11*-1;+5;+6. The molecule has 159 valence electrons. The van der Waals surface area contributed by atoms with Gasteiger partial charge in [0.15, 0.2) is 0 Å². The second-order valence-corrected chi connectivity index (χ2v) is 4.10. The van der Waals surface area contributed by atoms with Gasteiger partial charge in [-0.05, 0) is 16.2 Å². The summed E-state index contributed by atoms with van der Waals surface area (Å²) in [5, 5.41) is 7.57. The number of aromatic nitrogens is 1. The number of pyridine rings is 1. The van der Waals surface area contributed by atoms with Gasteiger partial charge in [-0.25, -0.2) is 0 Å². The van der Waals surface area contributed by atoms with E-state index in [1.54, 1.807) is 0 Å². The fraction of sp³-hybridized carbons (Fsp3) is 0. The van der Waals surface area contributed by atoms with Gasteiger partial charge >= 0.3 is 39.0 Å². The Morgan fingerprint density at radius 3 is 1.14 bits per heavy atom. The van der Waals surface area contributed by atoms with Crippen molar-refractivity contribution in [3.05, 3.63) is 116 Å². The Labute approximate surface area is 192 Å². The predicted octanol–water partition coefficient (Wildman–Crippen LogP) is 10.9. The van der Waals surface area contributed by atoms with Crippen LogP contribution in [0.25, 0.3) is 93.8 Å². The Hall–Kier alpha value is -1.30. The molecular formula is C15H28N11Ru2. The number of nitrogens with two attached hydrogens (primary N) is 10. The number of hydrogen-bond donors (Lipinski definition) is 0. The van der Waals surface area contributed by atoms with Crippen LogP contribution in [0.1, 0.15) is 0 Å². The molecular weight excluding hydrogens is 536 g/mol. The molecule has 0 unspecified atom stereocenters. The van der Waals surface area contributed by atoms with Crippen molar-refractivity contribution in [2.24, 2.45) is 0 Å². The summed E-state index contributed by atoms with van der Waals surface area (Å²) in [7, 11) is 0. The fourth-order valence-electron chi connectivity index (χ4n) is 2.48. The van der Waals surface area contributed by atoms with E-state index >= 15 is 0 Å². The maximum atomic E-state index is 4.26. The predicted molar refractivity (Wildman–Crippen MR) is 120 cm³/mol. The van der Waals surface area contributed by atoms with Crippen LogP contribution in [0.2, 0.25) is 0 Å². The quantitative estimate of drug-likeness (QED) is 0.112. The second-order valence-electron chi connectivity index (χ2n) is 4.10. The molecule has 1 aromatic heterocycles. The Kier molecular flexibility index (Phi) is 44.2. The van der Waals surface area contributed by atoms with Crippen molar-refractivity contribution in [1.29, 1.82) is 0 Å². The Bertz CT molecular complexity index is 703. The molecule has 20 N–H and O–H groups in total. The molecule has 1 heterocycles. The van der Waals surface area contributed by atoms with Crippen molar-refractivity contribution in [3.63, 3.8) is 0 Å². The van der Waals surface area contributed by atoms with Crippen LogP contribution in [0, 0.1) is 6.07 Å². The van der Waals surface area contributed by atoms with Gasteiger partial charge in [0.2, 0.25) is 0 Å². The van der Waals surface area contributed by atoms with Crippen molar-refractivity contribution in [3.8, 4) is 0 Å². The largest absolute Gasteiger partial charge is 6.00 e. The molecule has 0 saturated heterocycles. The van der Waals surface area contributed by atoms with Gasteiger partial charge in [-0.15, -0.1) is 28.3 Å². The summed E-state index contributed by atoms with van der Waals surface area (Å²) in [5.41, 5.74) is 0. The molecule has 0 aliphatic heterocycles. The molecule has 3 aromatic carbocycles. The number of rotatable bonds is 0. The molecule has 0 amide bonds. The first kappa shape index (κ1) is 56.3. The molecule has 1 radical (unpaired) electrons. The summed E-state index contributed by atoms with van der Waals surface area (Å²) in [6.45, 7) is 0. The summed E-state index contributed by atoms with van der Waals surface area (Å²) in [6.07, 6.45) is 3.86. The zero-order valence-corrected chi connectivity index (χ0v) is 18.5. The molecule has 4 rings (SSSR count). The van der Waals surface area contributed by atoms with Crippen LogP contribution >= 0.6 is 0 Å². The Balaban J connectivity index is -0.0000000430. The van der Waals surface area contributed by atoms with Gasteiger partial charge < -0.3 is 61.5 Å². The molecule has 11 nitrogen and oxygen atoms in total. The fourth-order valence-corrected chi connectivity index (χ4v) is 2.48. The van der Waals surface area contributed by atoms with Crippen molar-refractivity contribution < 1.29 is 39.0 Å². The molecule has 4 aromatic rings. The molecule has 28 heavy (non-hydrogen) atoms. The van der Waals surface area contributed by atoms with Gasteiger partial charge in [0.25, 0.3) is 0 Å². The summed E-state index contributed by atoms with van der Waals surface area (Å²) >= 11 is 0. The van der Waals surface area contributed by atoms with Crippen LogP contribution in [-0.2, 0) is 39.0 Å². The van der Waals surface area contributed by atoms with E-state index in [-0.39, 0.29) is 100 Å². The van der Waals surface area contributed by atoms with E-state index in [2.05, 4.69) is 35.3 Å². The van der Waals surface area contributed by atoms with Crippen LogP contribution in [0.3, 0.4) is 0 Å². The van der Waals surface area contributed by atoms with Crippen LogP contribution < -0.4 is 0 Å². The number of benzene rings is 3. The molecule has 0 saturated carbocycles. The number of hydrogen-bond acceptors (Lipinski definition) is 1. The molecule has 0 aliphatic rings. The van der Waals surface area contributed by atoms with E-state index in [0.717, 1.165) is 0 Å². The topological polar surface area (TPSA) is 348 Å². The molecule has 0 aliphatic carbocycles. The summed E-state index contributed by atoms with van der Waals surface area (Å²) in [4.78, 5) is 4.26. The maximum Gasteiger partial charge on any atom is 6.00 e. The van der Waals surface area contributed by atoms with Gasteiger partial charge in [-0.1, -0.05) is 12.1 Å². The van der Waals surface area contributed by atoms with E-state index < -0.39 is 0 Å². The molecule has 13 heteroatoms. The van der Waals surface area contributed by atoms with Crippen LogP contribution in [-0.4, -0.2) is 4.98 Å². The van der Waals surface area contributed by atoms with Gasteiger partial charge in [-0.2, -0.15) is 18.2 Å². The van der Waals surface area contributed by atoms with Gasteiger partial charge in [-0.3, -0.25) is 4.98 Å². The summed E-state index contributed by atoms with van der Waals surface area (Å²) in [6, 6.07) is 15.8. The van der Waals surface area contributed by atoms with Crippen molar-refractivity contribution in [1.82, 2.24) is 4.98 Å². The first-order chi connectivity index (χ1) is 7.93. The van der Waals surface area contributed by atoms with Crippen LogP contribution in [0.5, 0.6) is 0 Å². The second kappa shape index (κ2) is 22.0. The SMILES string of the molecule is [NH2-].[NH2-].[NH2-].[NH2-].[NH2-].[NH2-].[NH2-].[NH2-].[NH2-].[NH2-].[Ru+5].[Ru+6].[c-]1cc2ccc3cncc4ccc(c1)c2c34. The van der Waals surface area contributed by atoms with Crippen molar-refractivity contribution in [2.75, 3.05) is 0 Å². The summed E-state index contributed by atoms with van der Waals surface area (Å²) in [5.74, 6) is 0. The van der Waals surface area contributed by atoms with Crippen LogP contribution in [0.4, 0.5) is 0 Å². The first-order valence-electron chi connectivity index (χ1n) is 5.32. The van der Waals surface area contributed by atoms with E-state index in [1.165, 1.54) is 32.3 Å². The Morgan fingerprint density at radius 1 is 0.500 bits per heavy atom. The van der Waals surface area contributed by atoms with Gasteiger partial charge in [0.05, 0.1) is 0 Å². The van der Waals surface area contributed by atoms with Crippen LogP contribution in [0.15, 0.2) is 48.8 Å². The van der Waals surface area contributed by atoms with Crippen molar-refractivity contribution >= 4 is 32.3 Å². The maximum absolute atomic E-state index is 4.26. The monoisotopic (exact) mass is 566 g/mol. The minimum atomic E-state index is 0. The zero-order chi connectivity index (χ0) is 10.5. The smallest absolute Gasteiger partial charge is 0.693 e. The molecule has 0 atom stereocenters. The average molecular weight is 565 g/mol. The third-order valence-electron chi connectivity index (χ3n) is 3.19. The molecule has 0 spiro atoms. The van der Waals surface area contributed by atoms with E-state index in [9.17, 15) is 0 Å². The first-order valence-corrected chi connectivity index (χ1v) is 5.32. The normalized spacial score (nSPS) is 6.71. The molecule has 0 fully saturated rings. The third kappa shape index (κ3) is 8.37.